The summed E-state index contributed by atoms with van der Waals surface area (Å²) >= 11 is 0. The van der Waals surface area contributed by atoms with Crippen LogP contribution in [0.3, 0.4) is 0 Å². The van der Waals surface area contributed by atoms with Gasteiger partial charge in [0.2, 0.25) is 0 Å². The number of allylic oxidation sites excluding steroid dienone is 4. The van der Waals surface area contributed by atoms with Gasteiger partial charge in [0.25, 0.3) is 0 Å². The van der Waals surface area contributed by atoms with E-state index < -0.39 is 6.10 Å². The van der Waals surface area contributed by atoms with E-state index in [-0.39, 0.29) is 6.54 Å². The van der Waals surface area contributed by atoms with Gasteiger partial charge in [-0.25, -0.2) is 4.98 Å². The third-order valence-electron chi connectivity index (χ3n) is 4.90. The summed E-state index contributed by atoms with van der Waals surface area (Å²) < 4.78 is 2.06. The van der Waals surface area contributed by atoms with Crippen LogP contribution in [-0.2, 0) is 6.54 Å². The molecule has 6 heteroatoms. The molecule has 6 nitrogen and oxygen atoms in total. The number of hydrogen-bond donors (Lipinski definition) is 2. The number of benzene rings is 1. The Morgan fingerprint density at radius 3 is 2.80 bits per heavy atom. The molecule has 0 radical (unpaired) electrons. The zero-order valence-corrected chi connectivity index (χ0v) is 17.2. The van der Waals surface area contributed by atoms with Crippen LogP contribution in [0.15, 0.2) is 67.3 Å². The van der Waals surface area contributed by atoms with Gasteiger partial charge in [-0.15, -0.1) is 0 Å². The molecule has 3 rings (SSSR count). The number of imidazole rings is 1. The lowest BCUT2D eigenvalue weighted by molar-refractivity contribution is 0.186. The van der Waals surface area contributed by atoms with Crippen LogP contribution in [-0.4, -0.2) is 26.2 Å². The molecule has 0 aliphatic rings. The van der Waals surface area contributed by atoms with Crippen LogP contribution in [0.25, 0.3) is 16.8 Å². The monoisotopic (exact) mass is 399 g/mol. The summed E-state index contributed by atoms with van der Waals surface area (Å²) in [6.07, 6.45) is 10.6. The zero-order valence-electron chi connectivity index (χ0n) is 17.2. The van der Waals surface area contributed by atoms with E-state index in [0.717, 1.165) is 28.1 Å². The number of aromatic nitrogens is 3. The van der Waals surface area contributed by atoms with E-state index in [1.54, 1.807) is 18.6 Å². The Morgan fingerprint density at radius 2 is 2.13 bits per heavy atom. The quantitative estimate of drug-likeness (QED) is 0.588. The maximum absolute atomic E-state index is 9.91. The third-order valence-corrected chi connectivity index (χ3v) is 4.90. The summed E-state index contributed by atoms with van der Waals surface area (Å²) in [4.78, 5) is 8.83. The molecule has 1 atom stereocenters. The van der Waals surface area contributed by atoms with Gasteiger partial charge >= 0.3 is 0 Å². The fourth-order valence-corrected chi connectivity index (χ4v) is 3.23. The molecule has 3 aromatic rings. The maximum atomic E-state index is 9.91. The number of nitrogens with zero attached hydrogens (tertiary/aromatic N) is 4. The first-order valence-corrected chi connectivity index (χ1v) is 9.75. The van der Waals surface area contributed by atoms with Crippen molar-refractivity contribution in [1.82, 2.24) is 14.5 Å². The van der Waals surface area contributed by atoms with Gasteiger partial charge in [0.1, 0.15) is 0 Å². The predicted molar refractivity (Wildman–Crippen MR) is 118 cm³/mol. The molecular weight excluding hydrogens is 374 g/mol. The van der Waals surface area contributed by atoms with Crippen LogP contribution < -0.4 is 5.73 Å². The average molecular weight is 399 g/mol. The van der Waals surface area contributed by atoms with Gasteiger partial charge in [0.15, 0.2) is 0 Å². The summed E-state index contributed by atoms with van der Waals surface area (Å²) in [6.45, 7) is 4.72. The van der Waals surface area contributed by atoms with Crippen molar-refractivity contribution in [2.75, 3.05) is 6.54 Å². The minimum absolute atomic E-state index is 0.145. The molecule has 30 heavy (non-hydrogen) atoms. The van der Waals surface area contributed by atoms with Gasteiger partial charge < -0.3 is 15.4 Å². The second-order valence-corrected chi connectivity index (χ2v) is 6.99. The Labute approximate surface area is 176 Å². The summed E-state index contributed by atoms with van der Waals surface area (Å²) in [7, 11) is 0. The Hall–Kier alpha value is -3.53. The molecule has 2 heterocycles. The largest absolute Gasteiger partial charge is 0.387 e. The fourth-order valence-electron chi connectivity index (χ4n) is 3.23. The molecule has 2 aromatic heterocycles. The van der Waals surface area contributed by atoms with E-state index in [4.69, 9.17) is 5.73 Å². The second-order valence-electron chi connectivity index (χ2n) is 6.99. The van der Waals surface area contributed by atoms with Gasteiger partial charge in [-0.1, -0.05) is 30.4 Å². The van der Waals surface area contributed by atoms with Crippen LogP contribution in [0.2, 0.25) is 0 Å². The topological polar surface area (TPSA) is 101 Å². The summed E-state index contributed by atoms with van der Waals surface area (Å²) in [6, 6.07) is 11.5. The van der Waals surface area contributed by atoms with Crippen LogP contribution in [0.4, 0.5) is 0 Å². The highest BCUT2D eigenvalue weighted by molar-refractivity contribution is 5.66. The van der Waals surface area contributed by atoms with Crippen LogP contribution in [0.1, 0.15) is 42.3 Å². The molecule has 0 aliphatic carbocycles. The van der Waals surface area contributed by atoms with Gasteiger partial charge in [0, 0.05) is 30.4 Å². The molecule has 1 aromatic carbocycles. The molecule has 0 spiro atoms. The molecule has 3 N–H and O–H groups in total. The zero-order chi connectivity index (χ0) is 21.5. The molecule has 0 aliphatic heterocycles. The molecular formula is C24H25N5O. The lowest BCUT2D eigenvalue weighted by Crippen LogP contribution is -2.11. The van der Waals surface area contributed by atoms with E-state index >= 15 is 0 Å². The Balaban J connectivity index is 2.00. The van der Waals surface area contributed by atoms with Crippen LogP contribution in [0.5, 0.6) is 0 Å². The number of aliphatic hydroxyl groups excluding tert-OH is 1. The Bertz CT molecular complexity index is 1100. The number of aliphatic hydroxyl groups is 1. The van der Waals surface area contributed by atoms with Crippen molar-refractivity contribution in [3.05, 3.63) is 89.7 Å². The summed E-state index contributed by atoms with van der Waals surface area (Å²) in [5.41, 5.74) is 11.6. The highest BCUT2D eigenvalue weighted by Gasteiger charge is 2.13. The predicted octanol–water partition coefficient (Wildman–Crippen LogP) is 3.84. The number of hydrogen-bond acceptors (Lipinski definition) is 5. The first-order chi connectivity index (χ1) is 14.6. The molecule has 0 saturated carbocycles. The Morgan fingerprint density at radius 1 is 1.30 bits per heavy atom. The average Bonchev–Trinajstić information content (AvgIpc) is 3.25. The van der Waals surface area contributed by atoms with Gasteiger partial charge in [-0.2, -0.15) is 5.26 Å². The first kappa shape index (κ1) is 21.2. The number of nitriles is 1. The van der Waals surface area contributed by atoms with Crippen molar-refractivity contribution < 1.29 is 5.11 Å². The van der Waals surface area contributed by atoms with Crippen molar-refractivity contribution in [2.24, 2.45) is 5.73 Å². The smallest absolute Gasteiger partial charge is 0.0991 e. The van der Waals surface area contributed by atoms with Gasteiger partial charge in [0.05, 0.1) is 41.6 Å². The number of nitrogens with two attached hydrogens (primary N) is 1. The highest BCUT2D eigenvalue weighted by atomic mass is 16.3. The summed E-state index contributed by atoms with van der Waals surface area (Å²) in [5.74, 6) is 0. The number of rotatable bonds is 7. The first-order valence-electron chi connectivity index (χ1n) is 9.75. The van der Waals surface area contributed by atoms with Crippen molar-refractivity contribution in [2.45, 2.75) is 26.5 Å². The minimum Gasteiger partial charge on any atom is -0.387 e. The lowest BCUT2D eigenvalue weighted by Gasteiger charge is -2.14. The lowest BCUT2D eigenvalue weighted by atomic mass is 10.00. The molecule has 152 valence electrons. The van der Waals surface area contributed by atoms with E-state index in [2.05, 4.69) is 20.6 Å². The van der Waals surface area contributed by atoms with Crippen molar-refractivity contribution in [3.8, 4) is 17.3 Å². The van der Waals surface area contributed by atoms with Crippen LogP contribution >= 0.6 is 0 Å². The van der Waals surface area contributed by atoms with Gasteiger partial charge in [-0.3, -0.25) is 4.98 Å². The van der Waals surface area contributed by atoms with E-state index in [1.807, 2.05) is 62.5 Å². The minimum atomic E-state index is -0.729. The normalized spacial score (nSPS) is 12.8. The second kappa shape index (κ2) is 9.79. The van der Waals surface area contributed by atoms with E-state index in [9.17, 15) is 10.4 Å². The molecule has 0 fully saturated rings. The SMILES string of the molecule is C/C=C\C=C(/C)c1cncn1Cc1cc(C#N)ccc1-c1ccc(C(O)CN)cn1. The van der Waals surface area contributed by atoms with Crippen molar-refractivity contribution in [3.63, 3.8) is 0 Å². The van der Waals surface area contributed by atoms with Crippen LogP contribution in [0, 0.1) is 11.3 Å². The van der Waals surface area contributed by atoms with E-state index in [1.165, 1.54) is 0 Å². The molecule has 0 bridgehead atoms. The van der Waals surface area contributed by atoms with E-state index in [0.29, 0.717) is 17.7 Å². The Kier molecular flexibility index (Phi) is 6.91. The molecule has 0 saturated heterocycles. The maximum Gasteiger partial charge on any atom is 0.0991 e. The molecule has 0 amide bonds. The summed E-state index contributed by atoms with van der Waals surface area (Å²) in [5, 5.41) is 19.3. The van der Waals surface area contributed by atoms with Gasteiger partial charge in [-0.05, 0) is 43.2 Å². The van der Waals surface area contributed by atoms with Crippen molar-refractivity contribution in [1.29, 1.82) is 5.26 Å². The fraction of sp³-hybridized carbons (Fsp3) is 0.208. The standard InChI is InChI=1S/C24H25N5O/c1-3-4-5-17(2)23-14-27-16-29(23)15-20-10-18(11-25)6-8-21(20)22-9-7-19(13-28-22)24(30)12-26/h3-10,13-14,16,24,30H,12,15,26H2,1-2H3/b4-3-,17-5+. The third kappa shape index (κ3) is 4.71. The number of pyridine rings is 1. The van der Waals surface area contributed by atoms with Crippen molar-refractivity contribution >= 4 is 5.57 Å². The highest BCUT2D eigenvalue weighted by Crippen LogP contribution is 2.26. The molecule has 1 unspecified atom stereocenters.